The van der Waals surface area contributed by atoms with Gasteiger partial charge in [0.1, 0.15) is 0 Å². The number of hydrogen-bond acceptors (Lipinski definition) is 7. The maximum absolute atomic E-state index is 5.54. The van der Waals surface area contributed by atoms with Gasteiger partial charge in [0.25, 0.3) is 0 Å². The van der Waals surface area contributed by atoms with Gasteiger partial charge in [0, 0.05) is 73.5 Å². The molecule has 0 heterocycles. The Morgan fingerprint density at radius 3 is 1.41 bits per heavy atom. The number of nitrogens with zero attached hydrogens (tertiary/aromatic N) is 1. The molecule has 0 atom stereocenters. The molecular weight excluding hydrogens is 406 g/mol. The van der Waals surface area contributed by atoms with Crippen LogP contribution in [0.15, 0.2) is 30.8 Å². The molecule has 0 bridgehead atoms. The van der Waals surface area contributed by atoms with E-state index in [-0.39, 0.29) is 0 Å². The van der Waals surface area contributed by atoms with Crippen molar-refractivity contribution < 1.29 is 26.6 Å². The lowest BCUT2D eigenvalue weighted by molar-refractivity contribution is 0.123. The Hall–Kier alpha value is -1.05. The molecule has 1 aromatic rings. The van der Waals surface area contributed by atoms with Crippen molar-refractivity contribution in [3.05, 3.63) is 36.4 Å². The first-order valence-corrected chi connectivity index (χ1v) is 13.6. The predicted octanol–water partition coefficient (Wildman–Crippen LogP) is 3.67. The molecule has 0 aromatic heterocycles. The van der Waals surface area contributed by atoms with Gasteiger partial charge in [0.2, 0.25) is 0 Å². The van der Waals surface area contributed by atoms with Crippen molar-refractivity contribution in [3.63, 3.8) is 0 Å². The lowest BCUT2D eigenvalue weighted by Crippen LogP contribution is -2.44. The second-order valence-corrected chi connectivity index (χ2v) is 12.8. The number of anilines is 1. The largest absolute Gasteiger partial charge is 0.500 e. The number of hydrogen-bond donors (Lipinski definition) is 0. The molecule has 0 spiro atoms. The molecular formula is C20H37NO6Si2. The first-order chi connectivity index (χ1) is 14.0. The third kappa shape index (κ3) is 7.61. The van der Waals surface area contributed by atoms with Crippen LogP contribution in [0.25, 0.3) is 6.08 Å². The zero-order valence-electron chi connectivity index (χ0n) is 18.7. The van der Waals surface area contributed by atoms with Gasteiger partial charge in [-0.1, -0.05) is 24.8 Å². The van der Waals surface area contributed by atoms with Gasteiger partial charge < -0.3 is 31.5 Å². The van der Waals surface area contributed by atoms with Gasteiger partial charge in [-0.15, -0.1) is 0 Å². The summed E-state index contributed by atoms with van der Waals surface area (Å²) in [6.45, 7) is 5.55. The van der Waals surface area contributed by atoms with Crippen LogP contribution in [0.5, 0.6) is 0 Å². The van der Waals surface area contributed by atoms with Crippen LogP contribution < -0.4 is 4.90 Å². The summed E-state index contributed by atoms with van der Waals surface area (Å²) in [7, 11) is 4.75. The molecule has 0 unspecified atom stereocenters. The fourth-order valence-corrected chi connectivity index (χ4v) is 6.68. The van der Waals surface area contributed by atoms with E-state index in [0.717, 1.165) is 49.3 Å². The van der Waals surface area contributed by atoms with Crippen LogP contribution in [0.3, 0.4) is 0 Å². The minimum absolute atomic E-state index is 0.755. The van der Waals surface area contributed by atoms with Crippen LogP contribution in [-0.4, -0.2) is 73.4 Å². The van der Waals surface area contributed by atoms with E-state index >= 15 is 0 Å². The van der Waals surface area contributed by atoms with Crippen molar-refractivity contribution in [2.75, 3.05) is 60.6 Å². The van der Waals surface area contributed by atoms with Crippen molar-refractivity contribution in [2.45, 2.75) is 24.9 Å². The molecule has 166 valence electrons. The maximum Gasteiger partial charge on any atom is 0.500 e. The average molecular weight is 444 g/mol. The summed E-state index contributed by atoms with van der Waals surface area (Å²) in [5.74, 6) is 0. The minimum Gasteiger partial charge on any atom is -0.377 e. The van der Waals surface area contributed by atoms with Gasteiger partial charge in [0.15, 0.2) is 0 Å². The summed E-state index contributed by atoms with van der Waals surface area (Å²) in [5.41, 5.74) is 2.26. The van der Waals surface area contributed by atoms with Crippen LogP contribution in [0.2, 0.25) is 12.1 Å². The summed E-state index contributed by atoms with van der Waals surface area (Å²) in [5, 5.41) is 0. The summed E-state index contributed by atoms with van der Waals surface area (Å²) < 4.78 is 33.3. The van der Waals surface area contributed by atoms with Gasteiger partial charge in [-0.25, -0.2) is 0 Å². The maximum atomic E-state index is 5.54. The molecule has 0 aliphatic carbocycles. The van der Waals surface area contributed by atoms with Crippen molar-refractivity contribution in [3.8, 4) is 0 Å². The molecule has 0 fully saturated rings. The van der Waals surface area contributed by atoms with E-state index in [1.807, 2.05) is 6.08 Å². The smallest absolute Gasteiger partial charge is 0.377 e. The van der Waals surface area contributed by atoms with Crippen molar-refractivity contribution in [1.82, 2.24) is 0 Å². The third-order valence-electron chi connectivity index (χ3n) is 5.18. The van der Waals surface area contributed by atoms with E-state index in [1.165, 1.54) is 0 Å². The molecule has 1 rings (SSSR count). The molecule has 7 nitrogen and oxygen atoms in total. The monoisotopic (exact) mass is 443 g/mol. The van der Waals surface area contributed by atoms with Gasteiger partial charge in [-0.3, -0.25) is 0 Å². The standard InChI is InChI=1S/C20H37NO6Si2/c1-8-19-11-13-20(14-12-19)21(15-9-17-28(22-2,23-3)24-4)16-10-18-29(25-5,26-6)27-7/h8,11-14H,1,9-10,15-18H2,2-7H3. The average Bonchev–Trinajstić information content (AvgIpc) is 2.79. The van der Waals surface area contributed by atoms with Crippen molar-refractivity contribution >= 4 is 29.4 Å². The van der Waals surface area contributed by atoms with E-state index in [4.69, 9.17) is 26.6 Å². The molecule has 0 N–H and O–H groups in total. The van der Waals surface area contributed by atoms with Crippen LogP contribution in [0, 0.1) is 0 Å². The molecule has 0 saturated carbocycles. The molecule has 0 aliphatic heterocycles. The van der Waals surface area contributed by atoms with E-state index in [0.29, 0.717) is 0 Å². The van der Waals surface area contributed by atoms with Gasteiger partial charge in [0.05, 0.1) is 0 Å². The molecule has 0 radical (unpaired) electrons. The Labute approximate surface area is 178 Å². The normalized spacial score (nSPS) is 12.2. The van der Waals surface area contributed by atoms with Gasteiger partial charge in [-0.05, 0) is 30.5 Å². The fraction of sp³-hybridized carbons (Fsp3) is 0.600. The minimum atomic E-state index is -2.57. The highest BCUT2D eigenvalue weighted by Crippen LogP contribution is 2.22. The Balaban J connectivity index is 2.81. The third-order valence-corrected chi connectivity index (χ3v) is 10.8. The van der Waals surface area contributed by atoms with E-state index < -0.39 is 17.6 Å². The highest BCUT2D eigenvalue weighted by atomic mass is 28.4. The molecule has 1 aromatic carbocycles. The first kappa shape index (κ1) is 26.0. The Bertz CT molecular complexity index is 536. The van der Waals surface area contributed by atoms with Crippen molar-refractivity contribution in [2.24, 2.45) is 0 Å². The summed E-state index contributed by atoms with van der Waals surface area (Å²) >= 11 is 0. The Kier molecular flexibility index (Phi) is 11.9. The molecule has 0 saturated heterocycles. The quantitative estimate of drug-likeness (QED) is 0.361. The van der Waals surface area contributed by atoms with E-state index in [1.54, 1.807) is 42.7 Å². The summed E-state index contributed by atoms with van der Waals surface area (Å²) in [6.07, 6.45) is 3.64. The van der Waals surface area contributed by atoms with E-state index in [9.17, 15) is 0 Å². The predicted molar refractivity (Wildman–Crippen MR) is 121 cm³/mol. The molecule has 0 aliphatic rings. The van der Waals surface area contributed by atoms with Crippen LogP contribution >= 0.6 is 0 Å². The zero-order valence-corrected chi connectivity index (χ0v) is 20.7. The summed E-state index contributed by atoms with van der Waals surface area (Å²) in [6, 6.07) is 9.91. The topological polar surface area (TPSA) is 58.6 Å². The van der Waals surface area contributed by atoms with Crippen molar-refractivity contribution in [1.29, 1.82) is 0 Å². The SMILES string of the molecule is C=Cc1ccc(N(CCC[Si](OC)(OC)OC)CCC[Si](OC)(OC)OC)cc1. The highest BCUT2D eigenvalue weighted by molar-refractivity contribution is 6.60. The van der Waals surface area contributed by atoms with Gasteiger partial charge in [-0.2, -0.15) is 0 Å². The lowest BCUT2D eigenvalue weighted by atomic mass is 10.2. The van der Waals surface area contributed by atoms with Gasteiger partial charge >= 0.3 is 17.6 Å². The molecule has 9 heteroatoms. The van der Waals surface area contributed by atoms with Crippen LogP contribution in [0.4, 0.5) is 5.69 Å². The molecule has 29 heavy (non-hydrogen) atoms. The summed E-state index contributed by atoms with van der Waals surface area (Å²) in [4.78, 5) is 2.35. The van der Waals surface area contributed by atoms with E-state index in [2.05, 4.69) is 35.7 Å². The number of benzene rings is 1. The zero-order chi connectivity index (χ0) is 21.8. The van der Waals surface area contributed by atoms with Crippen LogP contribution in [0.1, 0.15) is 18.4 Å². The molecule has 0 amide bonds. The van der Waals surface area contributed by atoms with Crippen LogP contribution in [-0.2, 0) is 26.6 Å². The second-order valence-electron chi connectivity index (χ2n) is 6.58. The lowest BCUT2D eigenvalue weighted by Gasteiger charge is -2.29. The Morgan fingerprint density at radius 1 is 0.724 bits per heavy atom. The second kappa shape index (κ2) is 13.3. The Morgan fingerprint density at radius 2 is 1.10 bits per heavy atom. The fourth-order valence-electron chi connectivity index (χ4n) is 3.28. The number of rotatable bonds is 16. The highest BCUT2D eigenvalue weighted by Gasteiger charge is 2.38. The first-order valence-electron chi connectivity index (χ1n) is 9.76.